The summed E-state index contributed by atoms with van der Waals surface area (Å²) in [4.78, 5) is 51.8. The van der Waals surface area contributed by atoms with Crippen LogP contribution in [0.5, 0.6) is 11.5 Å². The molecule has 0 saturated heterocycles. The molecule has 2 amide bonds. The summed E-state index contributed by atoms with van der Waals surface area (Å²) in [5, 5.41) is 0. The van der Waals surface area contributed by atoms with Crippen molar-refractivity contribution in [3.63, 3.8) is 0 Å². The molecule has 0 bridgehead atoms. The van der Waals surface area contributed by atoms with Crippen LogP contribution in [0.2, 0.25) is 0 Å². The van der Waals surface area contributed by atoms with Crippen molar-refractivity contribution in [2.24, 2.45) is 0 Å². The van der Waals surface area contributed by atoms with Crippen LogP contribution in [0.15, 0.2) is 66.7 Å². The van der Waals surface area contributed by atoms with Crippen LogP contribution in [0.4, 0.5) is 5.69 Å². The summed E-state index contributed by atoms with van der Waals surface area (Å²) >= 11 is 0. The van der Waals surface area contributed by atoms with Crippen LogP contribution in [-0.2, 0) is 4.74 Å². The molecule has 34 heavy (non-hydrogen) atoms. The van der Waals surface area contributed by atoms with Gasteiger partial charge in [0.15, 0.2) is 6.61 Å². The van der Waals surface area contributed by atoms with Crippen molar-refractivity contribution in [3.05, 3.63) is 89.0 Å². The number of benzene rings is 3. The summed E-state index contributed by atoms with van der Waals surface area (Å²) in [5.74, 6) is -1.26. The molecule has 0 aromatic heterocycles. The lowest BCUT2D eigenvalue weighted by Crippen LogP contribution is -2.29. The Morgan fingerprint density at radius 1 is 0.882 bits per heavy atom. The summed E-state index contributed by atoms with van der Waals surface area (Å²) in [6.45, 7) is 1.85. The van der Waals surface area contributed by atoms with E-state index < -0.39 is 30.2 Å². The number of carbonyl (C=O) groups excluding carboxylic acids is 4. The van der Waals surface area contributed by atoms with E-state index in [0.29, 0.717) is 29.4 Å². The van der Waals surface area contributed by atoms with E-state index in [2.05, 4.69) is 0 Å². The van der Waals surface area contributed by atoms with E-state index in [9.17, 15) is 19.2 Å². The number of fused-ring (bicyclic) bond motifs is 1. The van der Waals surface area contributed by atoms with Gasteiger partial charge in [0.05, 0.1) is 41.7 Å². The number of nitrogens with zero attached hydrogens (tertiary/aromatic N) is 1. The maximum absolute atomic E-state index is 13.0. The van der Waals surface area contributed by atoms with E-state index in [1.54, 1.807) is 48.5 Å². The van der Waals surface area contributed by atoms with Crippen molar-refractivity contribution in [2.45, 2.75) is 6.92 Å². The predicted octanol–water partition coefficient (Wildman–Crippen LogP) is 3.93. The molecule has 4 rings (SSSR count). The first-order valence-electron chi connectivity index (χ1n) is 10.5. The highest BCUT2D eigenvalue weighted by Gasteiger charge is 2.37. The Hall–Kier alpha value is -4.46. The van der Waals surface area contributed by atoms with Crippen LogP contribution < -0.4 is 14.4 Å². The summed E-state index contributed by atoms with van der Waals surface area (Å²) in [7, 11) is 1.44. The minimum atomic E-state index is -0.786. The third kappa shape index (κ3) is 4.25. The number of imide groups is 1. The van der Waals surface area contributed by atoms with E-state index in [1.807, 2.05) is 6.92 Å². The number of Topliss-reactive ketones (excluding diaryl/α,β-unsaturated/α-hetero) is 1. The molecule has 1 heterocycles. The minimum Gasteiger partial charge on any atom is -0.496 e. The summed E-state index contributed by atoms with van der Waals surface area (Å²) < 4.78 is 15.7. The minimum absolute atomic E-state index is 0.0567. The molecule has 8 nitrogen and oxygen atoms in total. The predicted molar refractivity (Wildman–Crippen MR) is 123 cm³/mol. The first kappa shape index (κ1) is 22.7. The van der Waals surface area contributed by atoms with E-state index in [-0.39, 0.29) is 16.7 Å². The number of para-hydroxylation sites is 1. The zero-order valence-electron chi connectivity index (χ0n) is 18.6. The number of amides is 2. The third-order valence-electron chi connectivity index (χ3n) is 5.27. The molecule has 0 saturated carbocycles. The Bertz CT molecular complexity index is 1280. The zero-order valence-corrected chi connectivity index (χ0v) is 18.6. The molecule has 0 N–H and O–H groups in total. The van der Waals surface area contributed by atoms with Gasteiger partial charge in [-0.25, -0.2) is 9.69 Å². The Kier molecular flexibility index (Phi) is 6.40. The molecule has 3 aromatic carbocycles. The molecule has 0 spiro atoms. The highest BCUT2D eigenvalue weighted by Crippen LogP contribution is 2.30. The van der Waals surface area contributed by atoms with Gasteiger partial charge in [0.2, 0.25) is 5.78 Å². The first-order valence-corrected chi connectivity index (χ1v) is 10.5. The van der Waals surface area contributed by atoms with Gasteiger partial charge in [0, 0.05) is 0 Å². The second-order valence-electron chi connectivity index (χ2n) is 7.33. The van der Waals surface area contributed by atoms with Crippen molar-refractivity contribution in [2.75, 3.05) is 25.2 Å². The number of carbonyl (C=O) groups is 4. The molecule has 0 fully saturated rings. The average Bonchev–Trinajstić information content (AvgIpc) is 3.12. The first-order chi connectivity index (χ1) is 16.4. The fourth-order valence-corrected chi connectivity index (χ4v) is 3.63. The molecule has 172 valence electrons. The van der Waals surface area contributed by atoms with Crippen molar-refractivity contribution >= 4 is 29.3 Å². The molecule has 8 heteroatoms. The van der Waals surface area contributed by atoms with Crippen LogP contribution in [0, 0.1) is 0 Å². The molecule has 0 aliphatic carbocycles. The number of esters is 1. The summed E-state index contributed by atoms with van der Waals surface area (Å²) in [5.41, 5.74) is 1.01. The third-order valence-corrected chi connectivity index (χ3v) is 5.27. The van der Waals surface area contributed by atoms with Gasteiger partial charge in [0.1, 0.15) is 11.5 Å². The number of rotatable bonds is 8. The smallest absolute Gasteiger partial charge is 0.338 e. The van der Waals surface area contributed by atoms with Crippen molar-refractivity contribution < 1.29 is 33.4 Å². The second-order valence-corrected chi connectivity index (χ2v) is 7.33. The second kappa shape index (κ2) is 9.58. The summed E-state index contributed by atoms with van der Waals surface area (Å²) in [6, 6.07) is 17.3. The molecule has 0 unspecified atom stereocenters. The van der Waals surface area contributed by atoms with Crippen molar-refractivity contribution in [1.29, 1.82) is 0 Å². The van der Waals surface area contributed by atoms with Crippen LogP contribution in [0.25, 0.3) is 0 Å². The van der Waals surface area contributed by atoms with Gasteiger partial charge in [-0.2, -0.15) is 0 Å². The van der Waals surface area contributed by atoms with Crippen LogP contribution >= 0.6 is 0 Å². The number of anilines is 1. The van der Waals surface area contributed by atoms with Crippen molar-refractivity contribution in [1.82, 2.24) is 0 Å². The van der Waals surface area contributed by atoms with Gasteiger partial charge in [-0.3, -0.25) is 14.4 Å². The van der Waals surface area contributed by atoms with Gasteiger partial charge in [-0.05, 0) is 61.5 Å². The Morgan fingerprint density at radius 2 is 1.59 bits per heavy atom. The molecule has 0 radical (unpaired) electrons. The lowest BCUT2D eigenvalue weighted by atomic mass is 10.1. The Morgan fingerprint density at radius 3 is 2.29 bits per heavy atom. The SMILES string of the molecule is CCOc1ccc(N2C(=O)c3ccc(C(=O)OCC(=O)c4ccccc4OC)cc3C2=O)cc1. The fourth-order valence-electron chi connectivity index (χ4n) is 3.63. The highest BCUT2D eigenvalue weighted by molar-refractivity contribution is 6.34. The molecule has 3 aromatic rings. The highest BCUT2D eigenvalue weighted by atomic mass is 16.5. The maximum atomic E-state index is 13.0. The fraction of sp³-hybridized carbons (Fsp3) is 0.154. The van der Waals surface area contributed by atoms with Gasteiger partial charge in [0.25, 0.3) is 11.8 Å². The van der Waals surface area contributed by atoms with Gasteiger partial charge in [-0.15, -0.1) is 0 Å². The standard InChI is InChI=1S/C26H21NO7/c1-3-33-18-11-9-17(10-12-18)27-24(29)19-13-8-16(14-21(19)25(27)30)26(31)34-15-22(28)20-6-4-5-7-23(20)32-2/h4-14H,3,15H2,1-2H3. The molecule has 1 aliphatic heterocycles. The van der Waals surface area contributed by atoms with Crippen LogP contribution in [0.1, 0.15) is 48.4 Å². The van der Waals surface area contributed by atoms with E-state index in [1.165, 1.54) is 25.3 Å². The zero-order chi connectivity index (χ0) is 24.2. The molecular formula is C26H21NO7. The van der Waals surface area contributed by atoms with Crippen LogP contribution in [0.3, 0.4) is 0 Å². The van der Waals surface area contributed by atoms with E-state index in [0.717, 1.165) is 4.90 Å². The Balaban J connectivity index is 1.49. The number of ketones is 1. The topological polar surface area (TPSA) is 99.2 Å². The van der Waals surface area contributed by atoms with Gasteiger partial charge < -0.3 is 14.2 Å². The number of hydrogen-bond donors (Lipinski definition) is 0. The average molecular weight is 459 g/mol. The number of hydrogen-bond acceptors (Lipinski definition) is 7. The molecule has 1 aliphatic rings. The largest absolute Gasteiger partial charge is 0.496 e. The number of ether oxygens (including phenoxy) is 3. The van der Waals surface area contributed by atoms with Crippen molar-refractivity contribution in [3.8, 4) is 11.5 Å². The van der Waals surface area contributed by atoms with Gasteiger partial charge in [-0.1, -0.05) is 12.1 Å². The van der Waals surface area contributed by atoms with E-state index in [4.69, 9.17) is 14.2 Å². The van der Waals surface area contributed by atoms with Gasteiger partial charge >= 0.3 is 5.97 Å². The summed E-state index contributed by atoms with van der Waals surface area (Å²) in [6.07, 6.45) is 0. The monoisotopic (exact) mass is 459 g/mol. The Labute approximate surface area is 195 Å². The lowest BCUT2D eigenvalue weighted by molar-refractivity contribution is 0.0474. The molecule has 0 atom stereocenters. The van der Waals surface area contributed by atoms with Crippen LogP contribution in [-0.4, -0.2) is 43.9 Å². The number of methoxy groups -OCH3 is 1. The maximum Gasteiger partial charge on any atom is 0.338 e. The molecular weight excluding hydrogens is 438 g/mol. The normalized spacial score (nSPS) is 12.4. The quantitative estimate of drug-likeness (QED) is 0.286. The lowest BCUT2D eigenvalue weighted by Gasteiger charge is -2.14. The van der Waals surface area contributed by atoms with E-state index >= 15 is 0 Å².